The molecule has 146 valence electrons. The van der Waals surface area contributed by atoms with Gasteiger partial charge in [-0.3, -0.25) is 0 Å². The van der Waals surface area contributed by atoms with Gasteiger partial charge in [0.25, 0.3) is 0 Å². The SMILES string of the molecule is CCCCC(CC(O)CO)C(O)C=C[C@@H]1[C@@H](CCC=O)[C@@H](O)C[C@H]1O. The number of aliphatic hydroxyl groups excluding tert-OH is 5. The zero-order chi connectivity index (χ0) is 18.8. The fourth-order valence-corrected chi connectivity index (χ4v) is 3.76. The van der Waals surface area contributed by atoms with Gasteiger partial charge in [0.05, 0.1) is 31.0 Å². The monoisotopic (exact) mass is 358 g/mol. The Labute approximate surface area is 150 Å². The molecule has 0 saturated heterocycles. The lowest BCUT2D eigenvalue weighted by atomic mass is 9.86. The summed E-state index contributed by atoms with van der Waals surface area (Å²) in [6.07, 6.45) is 5.27. The average molecular weight is 358 g/mol. The molecule has 7 atom stereocenters. The van der Waals surface area contributed by atoms with E-state index in [2.05, 4.69) is 6.92 Å². The van der Waals surface area contributed by atoms with Gasteiger partial charge in [-0.25, -0.2) is 0 Å². The van der Waals surface area contributed by atoms with Gasteiger partial charge in [0.1, 0.15) is 6.29 Å². The van der Waals surface area contributed by atoms with Crippen LogP contribution in [0.4, 0.5) is 0 Å². The first-order valence-electron chi connectivity index (χ1n) is 9.39. The third kappa shape index (κ3) is 7.15. The summed E-state index contributed by atoms with van der Waals surface area (Å²) < 4.78 is 0. The van der Waals surface area contributed by atoms with Gasteiger partial charge >= 0.3 is 0 Å². The third-order valence-corrected chi connectivity index (χ3v) is 5.26. The minimum atomic E-state index is -0.857. The highest BCUT2D eigenvalue weighted by atomic mass is 16.3. The molecule has 3 unspecified atom stereocenters. The molecule has 6 nitrogen and oxygen atoms in total. The van der Waals surface area contributed by atoms with Crippen LogP contribution in [0.5, 0.6) is 0 Å². The van der Waals surface area contributed by atoms with Crippen LogP contribution in [0.1, 0.15) is 51.9 Å². The fourth-order valence-electron chi connectivity index (χ4n) is 3.76. The van der Waals surface area contributed by atoms with E-state index in [1.165, 1.54) is 0 Å². The van der Waals surface area contributed by atoms with Crippen molar-refractivity contribution < 1.29 is 30.3 Å². The van der Waals surface area contributed by atoms with E-state index in [0.717, 1.165) is 25.5 Å². The van der Waals surface area contributed by atoms with Crippen LogP contribution in [0.25, 0.3) is 0 Å². The van der Waals surface area contributed by atoms with E-state index in [1.54, 1.807) is 12.2 Å². The topological polar surface area (TPSA) is 118 Å². The van der Waals surface area contributed by atoms with Gasteiger partial charge in [0, 0.05) is 18.8 Å². The predicted molar refractivity (Wildman–Crippen MR) is 94.8 cm³/mol. The Morgan fingerprint density at radius 2 is 1.92 bits per heavy atom. The van der Waals surface area contributed by atoms with Gasteiger partial charge in [0.2, 0.25) is 0 Å². The van der Waals surface area contributed by atoms with Crippen molar-refractivity contribution in [3.63, 3.8) is 0 Å². The van der Waals surface area contributed by atoms with Crippen LogP contribution in [-0.4, -0.2) is 62.8 Å². The first kappa shape index (κ1) is 22.3. The summed E-state index contributed by atoms with van der Waals surface area (Å²) in [4.78, 5) is 10.6. The van der Waals surface area contributed by atoms with Crippen molar-refractivity contribution >= 4 is 6.29 Å². The van der Waals surface area contributed by atoms with Gasteiger partial charge in [-0.1, -0.05) is 31.9 Å². The largest absolute Gasteiger partial charge is 0.394 e. The molecule has 6 heteroatoms. The second-order valence-electron chi connectivity index (χ2n) is 7.21. The third-order valence-electron chi connectivity index (χ3n) is 5.26. The van der Waals surface area contributed by atoms with Crippen LogP contribution < -0.4 is 0 Å². The average Bonchev–Trinajstić information content (AvgIpc) is 2.86. The molecule has 5 N–H and O–H groups in total. The minimum absolute atomic E-state index is 0.171. The molecule has 1 saturated carbocycles. The zero-order valence-corrected chi connectivity index (χ0v) is 15.1. The Bertz CT molecular complexity index is 399. The summed E-state index contributed by atoms with van der Waals surface area (Å²) in [6, 6.07) is 0. The molecule has 0 amide bonds. The van der Waals surface area contributed by atoms with E-state index in [-0.39, 0.29) is 30.8 Å². The quantitative estimate of drug-likeness (QED) is 0.260. The van der Waals surface area contributed by atoms with Gasteiger partial charge in [-0.2, -0.15) is 0 Å². The molecule has 1 aliphatic rings. The van der Waals surface area contributed by atoms with Crippen molar-refractivity contribution in [1.29, 1.82) is 0 Å². The summed E-state index contributed by atoms with van der Waals surface area (Å²) in [5, 5.41) is 49.4. The Hall–Kier alpha value is -0.790. The van der Waals surface area contributed by atoms with Crippen molar-refractivity contribution in [1.82, 2.24) is 0 Å². The van der Waals surface area contributed by atoms with Crippen LogP contribution >= 0.6 is 0 Å². The molecule has 0 radical (unpaired) electrons. The van der Waals surface area contributed by atoms with E-state index in [1.807, 2.05) is 0 Å². The molecule has 0 aromatic rings. The highest BCUT2D eigenvalue weighted by Crippen LogP contribution is 2.36. The number of unbranched alkanes of at least 4 members (excludes halogenated alkanes) is 1. The summed E-state index contributed by atoms with van der Waals surface area (Å²) in [5.41, 5.74) is 0. The lowest BCUT2D eigenvalue weighted by Crippen LogP contribution is -2.26. The van der Waals surface area contributed by atoms with Gasteiger partial charge in [0.15, 0.2) is 0 Å². The second kappa shape index (κ2) is 11.8. The van der Waals surface area contributed by atoms with Crippen LogP contribution in [0.3, 0.4) is 0 Å². The first-order valence-corrected chi connectivity index (χ1v) is 9.39. The molecule has 0 aliphatic heterocycles. The standard InChI is InChI=1S/C19H34O6/c1-2-3-5-13(10-14(22)12-21)17(23)8-7-16-15(6-4-9-20)18(24)11-19(16)25/h7-9,13-19,21-25H,2-6,10-12H2,1H3/t13?,14?,15-,16-,17?,18+,19-/m1/s1. The highest BCUT2D eigenvalue weighted by Gasteiger charge is 2.39. The van der Waals surface area contributed by atoms with E-state index in [9.17, 15) is 25.2 Å². The van der Waals surface area contributed by atoms with Crippen LogP contribution in [0.2, 0.25) is 0 Å². The van der Waals surface area contributed by atoms with E-state index >= 15 is 0 Å². The molecule has 25 heavy (non-hydrogen) atoms. The zero-order valence-electron chi connectivity index (χ0n) is 15.1. The maximum absolute atomic E-state index is 10.6. The number of hydrogen-bond acceptors (Lipinski definition) is 6. The van der Waals surface area contributed by atoms with E-state index < -0.39 is 24.4 Å². The molecular weight excluding hydrogens is 324 g/mol. The molecule has 0 heterocycles. The second-order valence-corrected chi connectivity index (χ2v) is 7.21. The number of hydrogen-bond donors (Lipinski definition) is 5. The number of aldehydes is 1. The molecule has 0 bridgehead atoms. The van der Waals surface area contributed by atoms with Gasteiger partial charge in [-0.15, -0.1) is 0 Å². The summed E-state index contributed by atoms with van der Waals surface area (Å²) in [5.74, 6) is -0.657. The Morgan fingerprint density at radius 1 is 1.20 bits per heavy atom. The number of carbonyl (C=O) groups excluding carboxylic acids is 1. The smallest absolute Gasteiger partial charge is 0.120 e. The molecule has 1 rings (SSSR count). The normalized spacial score (nSPS) is 30.5. The van der Waals surface area contributed by atoms with Crippen LogP contribution in [0, 0.1) is 17.8 Å². The van der Waals surface area contributed by atoms with Crippen LogP contribution in [-0.2, 0) is 4.79 Å². The molecular formula is C19H34O6. The maximum Gasteiger partial charge on any atom is 0.120 e. The number of carbonyl (C=O) groups is 1. The first-order chi connectivity index (χ1) is 11.9. The Morgan fingerprint density at radius 3 is 2.52 bits per heavy atom. The lowest BCUT2D eigenvalue weighted by molar-refractivity contribution is -0.108. The van der Waals surface area contributed by atoms with Crippen molar-refractivity contribution in [3.05, 3.63) is 12.2 Å². The summed E-state index contributed by atoms with van der Waals surface area (Å²) in [6.45, 7) is 1.72. The van der Waals surface area contributed by atoms with Crippen molar-refractivity contribution in [3.8, 4) is 0 Å². The molecule has 0 spiro atoms. The molecule has 0 aromatic heterocycles. The van der Waals surface area contributed by atoms with Gasteiger partial charge < -0.3 is 30.3 Å². The van der Waals surface area contributed by atoms with Crippen molar-refractivity contribution in [2.45, 2.75) is 76.3 Å². The molecule has 1 aliphatic carbocycles. The predicted octanol–water partition coefficient (Wildman–Crippen LogP) is 0.790. The molecule has 1 fully saturated rings. The van der Waals surface area contributed by atoms with Crippen molar-refractivity contribution in [2.75, 3.05) is 6.61 Å². The minimum Gasteiger partial charge on any atom is -0.394 e. The molecule has 0 aromatic carbocycles. The Balaban J connectivity index is 2.74. The highest BCUT2D eigenvalue weighted by molar-refractivity contribution is 5.49. The number of aliphatic hydroxyl groups is 5. The lowest BCUT2D eigenvalue weighted by Gasteiger charge is -2.24. The number of rotatable bonds is 12. The van der Waals surface area contributed by atoms with Crippen molar-refractivity contribution in [2.24, 2.45) is 17.8 Å². The van der Waals surface area contributed by atoms with E-state index in [4.69, 9.17) is 5.11 Å². The van der Waals surface area contributed by atoms with Crippen LogP contribution in [0.15, 0.2) is 12.2 Å². The van der Waals surface area contributed by atoms with Gasteiger partial charge in [-0.05, 0) is 31.1 Å². The maximum atomic E-state index is 10.6. The fraction of sp³-hybridized carbons (Fsp3) is 0.842. The summed E-state index contributed by atoms with van der Waals surface area (Å²) >= 11 is 0. The van der Waals surface area contributed by atoms with E-state index in [0.29, 0.717) is 19.3 Å². The summed E-state index contributed by atoms with van der Waals surface area (Å²) in [7, 11) is 0. The Kier molecular flexibility index (Phi) is 10.5.